The Hall–Kier alpha value is -0.715. The van der Waals surface area contributed by atoms with E-state index in [4.69, 9.17) is 18.9 Å². The summed E-state index contributed by atoms with van der Waals surface area (Å²) in [6, 6.07) is 3.86. The maximum absolute atomic E-state index is 5.60. The monoisotopic (exact) mass is 316 g/mol. The van der Waals surface area contributed by atoms with Crippen LogP contribution in [0.15, 0.2) is 16.6 Å². The molecule has 0 aliphatic carbocycles. The van der Waals surface area contributed by atoms with Crippen LogP contribution in [0.5, 0.6) is 11.5 Å². The molecule has 1 aromatic rings. The third kappa shape index (κ3) is 4.88. The first-order valence-electron chi connectivity index (χ1n) is 5.72. The molecule has 0 bridgehead atoms. The fraction of sp³-hybridized carbons (Fsp3) is 0.500. The van der Waals surface area contributed by atoms with E-state index in [0.29, 0.717) is 26.4 Å². The highest BCUT2D eigenvalue weighted by Gasteiger charge is 2.07. The molecule has 0 spiro atoms. The van der Waals surface area contributed by atoms with Gasteiger partial charge in [-0.3, -0.25) is 0 Å². The SMILES string of the molecule is Bc1cc(OCCOC)c(Br)cc1OCCOC. The van der Waals surface area contributed by atoms with Crippen molar-refractivity contribution in [3.05, 3.63) is 16.6 Å². The summed E-state index contributed by atoms with van der Waals surface area (Å²) in [5.41, 5.74) is 1.03. The van der Waals surface area contributed by atoms with Gasteiger partial charge in [-0.05, 0) is 33.5 Å². The molecule has 0 aliphatic heterocycles. The van der Waals surface area contributed by atoms with Gasteiger partial charge in [0.05, 0.1) is 17.7 Å². The van der Waals surface area contributed by atoms with Crippen LogP contribution in [0.4, 0.5) is 0 Å². The molecular weight excluding hydrogens is 299 g/mol. The van der Waals surface area contributed by atoms with Crippen molar-refractivity contribution in [3.63, 3.8) is 0 Å². The summed E-state index contributed by atoms with van der Waals surface area (Å²) in [6.45, 7) is 2.20. The molecule has 0 heterocycles. The van der Waals surface area contributed by atoms with Gasteiger partial charge in [0.2, 0.25) is 0 Å². The molecule has 0 saturated heterocycles. The van der Waals surface area contributed by atoms with Crippen molar-refractivity contribution in [3.8, 4) is 11.5 Å². The Labute approximate surface area is 117 Å². The van der Waals surface area contributed by atoms with Crippen molar-refractivity contribution in [1.82, 2.24) is 0 Å². The van der Waals surface area contributed by atoms with E-state index in [0.717, 1.165) is 21.4 Å². The highest BCUT2D eigenvalue weighted by Crippen LogP contribution is 2.27. The second-order valence-corrected chi connectivity index (χ2v) is 4.58. The Morgan fingerprint density at radius 3 is 2.06 bits per heavy atom. The fourth-order valence-electron chi connectivity index (χ4n) is 1.37. The highest BCUT2D eigenvalue weighted by molar-refractivity contribution is 9.10. The van der Waals surface area contributed by atoms with Gasteiger partial charge in [0.15, 0.2) is 0 Å². The first kappa shape index (κ1) is 15.3. The van der Waals surface area contributed by atoms with Gasteiger partial charge in [-0.25, -0.2) is 0 Å². The van der Waals surface area contributed by atoms with Gasteiger partial charge in [-0.2, -0.15) is 0 Å². The van der Waals surface area contributed by atoms with E-state index in [9.17, 15) is 0 Å². The molecule has 1 aromatic carbocycles. The van der Waals surface area contributed by atoms with Crippen molar-refractivity contribution in [2.24, 2.45) is 0 Å². The molecule has 0 aliphatic rings. The maximum Gasteiger partial charge on any atom is 0.144 e. The summed E-state index contributed by atoms with van der Waals surface area (Å²) in [6.07, 6.45) is 0. The van der Waals surface area contributed by atoms with E-state index in [1.54, 1.807) is 14.2 Å². The Kier molecular flexibility index (Phi) is 7.16. The molecule has 100 valence electrons. The zero-order chi connectivity index (χ0) is 13.4. The summed E-state index contributed by atoms with van der Waals surface area (Å²) >= 11 is 3.47. The zero-order valence-electron chi connectivity index (χ0n) is 11.0. The molecule has 4 nitrogen and oxygen atoms in total. The number of hydrogen-bond donors (Lipinski definition) is 0. The number of hydrogen-bond acceptors (Lipinski definition) is 4. The van der Waals surface area contributed by atoms with Gasteiger partial charge in [-0.15, -0.1) is 0 Å². The van der Waals surface area contributed by atoms with Crippen molar-refractivity contribution in [2.75, 3.05) is 40.6 Å². The quantitative estimate of drug-likeness (QED) is 0.524. The molecule has 0 atom stereocenters. The lowest BCUT2D eigenvalue weighted by molar-refractivity contribution is 0.144. The number of ether oxygens (including phenoxy) is 4. The zero-order valence-corrected chi connectivity index (χ0v) is 12.6. The van der Waals surface area contributed by atoms with Gasteiger partial charge in [0, 0.05) is 14.2 Å². The standard InChI is InChI=1S/C12H18BBrO4/c1-15-3-5-17-11-8-10(14)12(7-9(11)13)18-6-4-16-2/h7-8H,3-6,13H2,1-2H3. The lowest BCUT2D eigenvalue weighted by Gasteiger charge is -2.13. The van der Waals surface area contributed by atoms with Gasteiger partial charge >= 0.3 is 0 Å². The predicted molar refractivity (Wildman–Crippen MR) is 77.1 cm³/mol. The van der Waals surface area contributed by atoms with Crippen LogP contribution in [0.3, 0.4) is 0 Å². The van der Waals surface area contributed by atoms with Crippen LogP contribution in [0.2, 0.25) is 0 Å². The largest absolute Gasteiger partial charge is 0.492 e. The summed E-state index contributed by atoms with van der Waals surface area (Å²) in [5.74, 6) is 1.63. The summed E-state index contributed by atoms with van der Waals surface area (Å²) < 4.78 is 22.0. The maximum atomic E-state index is 5.60. The second-order valence-electron chi connectivity index (χ2n) is 3.73. The fourth-order valence-corrected chi connectivity index (χ4v) is 1.81. The molecule has 0 saturated carbocycles. The van der Waals surface area contributed by atoms with Crippen molar-refractivity contribution in [2.45, 2.75) is 0 Å². The van der Waals surface area contributed by atoms with E-state index in [1.807, 2.05) is 20.0 Å². The average Bonchev–Trinajstić information content (AvgIpc) is 2.35. The van der Waals surface area contributed by atoms with E-state index in [1.165, 1.54) is 0 Å². The smallest absolute Gasteiger partial charge is 0.144 e. The molecule has 0 N–H and O–H groups in total. The van der Waals surface area contributed by atoms with Crippen LogP contribution in [0.1, 0.15) is 0 Å². The molecule has 0 unspecified atom stereocenters. The molecular formula is C12H18BBrO4. The lowest BCUT2D eigenvalue weighted by Crippen LogP contribution is -2.14. The molecule has 0 fully saturated rings. The minimum atomic E-state index is 0.526. The molecule has 0 radical (unpaired) electrons. The summed E-state index contributed by atoms with van der Waals surface area (Å²) in [7, 11) is 5.28. The van der Waals surface area contributed by atoms with Crippen LogP contribution in [-0.2, 0) is 9.47 Å². The molecule has 6 heteroatoms. The summed E-state index contributed by atoms with van der Waals surface area (Å²) in [5, 5.41) is 0. The third-order valence-corrected chi connectivity index (χ3v) is 2.94. The van der Waals surface area contributed by atoms with E-state index < -0.39 is 0 Å². The van der Waals surface area contributed by atoms with Gasteiger partial charge in [-0.1, -0.05) is 0 Å². The minimum absolute atomic E-state index is 0.526. The Morgan fingerprint density at radius 1 is 0.944 bits per heavy atom. The molecule has 1 rings (SSSR count). The first-order valence-corrected chi connectivity index (χ1v) is 6.52. The molecule has 0 aromatic heterocycles. The van der Waals surface area contributed by atoms with Gasteiger partial charge < -0.3 is 18.9 Å². The third-order valence-electron chi connectivity index (χ3n) is 2.32. The van der Waals surface area contributed by atoms with Crippen LogP contribution in [-0.4, -0.2) is 48.5 Å². The number of benzene rings is 1. The first-order chi connectivity index (χ1) is 8.69. The van der Waals surface area contributed by atoms with E-state index in [-0.39, 0.29) is 0 Å². The Bertz CT molecular complexity index is 338. The number of rotatable bonds is 8. The Morgan fingerprint density at radius 2 is 1.50 bits per heavy atom. The number of methoxy groups -OCH3 is 2. The molecule has 18 heavy (non-hydrogen) atoms. The van der Waals surface area contributed by atoms with Crippen molar-refractivity contribution in [1.29, 1.82) is 0 Å². The van der Waals surface area contributed by atoms with Gasteiger partial charge in [0.25, 0.3) is 0 Å². The van der Waals surface area contributed by atoms with E-state index in [2.05, 4.69) is 15.9 Å². The van der Waals surface area contributed by atoms with E-state index >= 15 is 0 Å². The average molecular weight is 317 g/mol. The van der Waals surface area contributed by atoms with Crippen LogP contribution >= 0.6 is 15.9 Å². The predicted octanol–water partition coefficient (Wildman–Crippen LogP) is 0.758. The number of halogens is 1. The summed E-state index contributed by atoms with van der Waals surface area (Å²) in [4.78, 5) is 0. The van der Waals surface area contributed by atoms with Gasteiger partial charge in [0.1, 0.15) is 32.6 Å². The van der Waals surface area contributed by atoms with Crippen LogP contribution < -0.4 is 14.9 Å². The van der Waals surface area contributed by atoms with Crippen molar-refractivity contribution < 1.29 is 18.9 Å². The second kappa shape index (κ2) is 8.40. The molecule has 0 amide bonds. The van der Waals surface area contributed by atoms with Crippen LogP contribution in [0, 0.1) is 0 Å². The van der Waals surface area contributed by atoms with Crippen molar-refractivity contribution >= 4 is 29.2 Å². The minimum Gasteiger partial charge on any atom is -0.492 e. The lowest BCUT2D eigenvalue weighted by atomic mass is 9.95. The van der Waals surface area contributed by atoms with Crippen LogP contribution in [0.25, 0.3) is 0 Å². The highest BCUT2D eigenvalue weighted by atomic mass is 79.9. The Balaban J connectivity index is 2.64. The normalized spacial score (nSPS) is 10.4. The topological polar surface area (TPSA) is 36.9 Å².